The fraction of sp³-hybridized carbons (Fsp3) is 0.900. The van der Waals surface area contributed by atoms with E-state index in [2.05, 4.69) is 5.32 Å². The first-order valence-electron chi connectivity index (χ1n) is 5.87. The maximum Gasteiger partial charge on any atom is 0.225 e. The van der Waals surface area contributed by atoms with Crippen LogP contribution < -0.4 is 5.32 Å². The Labute approximate surface area is 95.2 Å². The lowest BCUT2D eigenvalue weighted by atomic mass is 10.0. The zero-order valence-corrected chi connectivity index (χ0v) is 9.87. The summed E-state index contributed by atoms with van der Waals surface area (Å²) in [6.45, 7) is 0.773. The Kier molecular flexibility index (Phi) is 2.26. The molecule has 3 fully saturated rings. The number of carbonyl (C=O) groups is 1. The summed E-state index contributed by atoms with van der Waals surface area (Å²) in [4.78, 5) is 11.6. The van der Waals surface area contributed by atoms with Crippen LogP contribution in [0.3, 0.4) is 0 Å². The molecule has 16 heavy (non-hydrogen) atoms. The van der Waals surface area contributed by atoms with E-state index < -0.39 is 10.0 Å². The summed E-state index contributed by atoms with van der Waals surface area (Å²) in [5, 5.41) is 2.76. The van der Waals surface area contributed by atoms with Gasteiger partial charge >= 0.3 is 0 Å². The average molecular weight is 244 g/mol. The molecule has 1 N–H and O–H groups in total. The van der Waals surface area contributed by atoms with Crippen LogP contribution in [-0.4, -0.2) is 43.0 Å². The highest BCUT2D eigenvalue weighted by molar-refractivity contribution is 7.90. The van der Waals surface area contributed by atoms with Crippen molar-refractivity contribution < 1.29 is 13.2 Å². The monoisotopic (exact) mass is 244 g/mol. The zero-order valence-electron chi connectivity index (χ0n) is 9.05. The molecule has 0 aromatic rings. The molecule has 90 valence electrons. The minimum atomic E-state index is -3.05. The van der Waals surface area contributed by atoms with Crippen LogP contribution in [0.5, 0.6) is 0 Å². The van der Waals surface area contributed by atoms with Crippen LogP contribution in [0.25, 0.3) is 0 Å². The summed E-state index contributed by atoms with van der Waals surface area (Å²) in [6, 6.07) is 0.363. The number of nitrogens with zero attached hydrogens (tertiary/aromatic N) is 1. The molecule has 0 aromatic heterocycles. The largest absolute Gasteiger partial charge is 0.353 e. The highest BCUT2D eigenvalue weighted by atomic mass is 32.2. The molecule has 0 atom stereocenters. The third-order valence-electron chi connectivity index (χ3n) is 3.45. The molecule has 0 bridgehead atoms. The van der Waals surface area contributed by atoms with Crippen molar-refractivity contribution in [2.75, 3.05) is 13.1 Å². The van der Waals surface area contributed by atoms with Crippen LogP contribution in [0.1, 0.15) is 25.7 Å². The van der Waals surface area contributed by atoms with Crippen molar-refractivity contribution in [1.29, 1.82) is 0 Å². The van der Waals surface area contributed by atoms with E-state index in [1.807, 2.05) is 0 Å². The molecule has 2 aliphatic carbocycles. The van der Waals surface area contributed by atoms with E-state index in [1.54, 1.807) is 0 Å². The lowest BCUT2D eigenvalue weighted by molar-refractivity contribution is -0.128. The predicted molar refractivity (Wildman–Crippen MR) is 58.2 cm³/mol. The van der Waals surface area contributed by atoms with Gasteiger partial charge in [-0.2, -0.15) is 4.31 Å². The number of carbonyl (C=O) groups excluding carboxylic acids is 1. The Bertz CT molecular complexity index is 406. The smallest absolute Gasteiger partial charge is 0.225 e. The molecule has 0 aromatic carbocycles. The molecule has 5 nitrogen and oxygen atoms in total. The van der Waals surface area contributed by atoms with E-state index in [9.17, 15) is 13.2 Å². The fourth-order valence-electron chi connectivity index (χ4n) is 1.94. The first kappa shape index (κ1) is 10.5. The molecular weight excluding hydrogens is 228 g/mol. The lowest BCUT2D eigenvalue weighted by Gasteiger charge is -2.37. The van der Waals surface area contributed by atoms with Crippen LogP contribution in [0.2, 0.25) is 0 Å². The molecule has 3 aliphatic rings. The molecule has 0 unspecified atom stereocenters. The molecule has 6 heteroatoms. The van der Waals surface area contributed by atoms with E-state index in [0.717, 1.165) is 25.7 Å². The number of nitrogens with one attached hydrogen (secondary N) is 1. The Hall–Kier alpha value is -0.620. The number of amides is 1. The molecule has 1 amide bonds. The third kappa shape index (κ3) is 1.84. The maximum absolute atomic E-state index is 11.8. The van der Waals surface area contributed by atoms with E-state index in [-0.39, 0.29) is 17.1 Å². The van der Waals surface area contributed by atoms with Crippen LogP contribution in [0, 0.1) is 5.92 Å². The predicted octanol–water partition coefficient (Wildman–Crippen LogP) is -0.311. The molecule has 0 radical (unpaired) electrons. The maximum atomic E-state index is 11.8. The second kappa shape index (κ2) is 3.43. The van der Waals surface area contributed by atoms with Gasteiger partial charge in [0.25, 0.3) is 0 Å². The van der Waals surface area contributed by atoms with Gasteiger partial charge in [-0.1, -0.05) is 0 Å². The summed E-state index contributed by atoms with van der Waals surface area (Å²) in [5.41, 5.74) is 0. The van der Waals surface area contributed by atoms with E-state index in [1.165, 1.54) is 4.31 Å². The van der Waals surface area contributed by atoms with Crippen molar-refractivity contribution in [3.05, 3.63) is 0 Å². The van der Waals surface area contributed by atoms with Crippen molar-refractivity contribution in [3.8, 4) is 0 Å². The minimum Gasteiger partial charge on any atom is -0.353 e. The Morgan fingerprint density at radius 2 is 1.75 bits per heavy atom. The first-order chi connectivity index (χ1) is 7.57. The topological polar surface area (TPSA) is 66.5 Å². The number of sulfonamides is 1. The Balaban J connectivity index is 1.51. The quantitative estimate of drug-likeness (QED) is 0.737. The van der Waals surface area contributed by atoms with Gasteiger partial charge in [-0.25, -0.2) is 8.42 Å². The summed E-state index contributed by atoms with van der Waals surface area (Å²) < 4.78 is 25.0. The molecular formula is C10H16N2O3S. The normalized spacial score (nSPS) is 27.5. The van der Waals surface area contributed by atoms with Gasteiger partial charge in [0.15, 0.2) is 0 Å². The Morgan fingerprint density at radius 1 is 1.12 bits per heavy atom. The molecule has 0 spiro atoms. The summed E-state index contributed by atoms with van der Waals surface area (Å²) in [5.74, 6) is -0.0844. The molecule has 1 aliphatic heterocycles. The van der Waals surface area contributed by atoms with Crippen molar-refractivity contribution in [2.24, 2.45) is 5.92 Å². The van der Waals surface area contributed by atoms with Crippen LogP contribution in [0.4, 0.5) is 0 Å². The summed E-state index contributed by atoms with van der Waals surface area (Å²) >= 11 is 0. The van der Waals surface area contributed by atoms with Gasteiger partial charge in [0, 0.05) is 19.1 Å². The third-order valence-corrected chi connectivity index (χ3v) is 5.78. The minimum absolute atomic E-state index is 0.0322. The van der Waals surface area contributed by atoms with E-state index in [0.29, 0.717) is 19.1 Å². The highest BCUT2D eigenvalue weighted by Crippen LogP contribution is 2.34. The molecule has 3 rings (SSSR count). The summed E-state index contributed by atoms with van der Waals surface area (Å²) in [6.07, 6.45) is 3.72. The van der Waals surface area contributed by atoms with Crippen LogP contribution in [0.15, 0.2) is 0 Å². The van der Waals surface area contributed by atoms with Crippen LogP contribution >= 0.6 is 0 Å². The van der Waals surface area contributed by atoms with Gasteiger partial charge in [0.05, 0.1) is 11.2 Å². The SMILES string of the molecule is O=C(NC1CC1)C1CN(S(=O)(=O)C2CC2)C1. The van der Waals surface area contributed by atoms with Crippen molar-refractivity contribution in [1.82, 2.24) is 9.62 Å². The van der Waals surface area contributed by atoms with Crippen molar-refractivity contribution in [2.45, 2.75) is 37.0 Å². The van der Waals surface area contributed by atoms with Gasteiger partial charge in [-0.15, -0.1) is 0 Å². The number of hydrogen-bond donors (Lipinski definition) is 1. The zero-order chi connectivity index (χ0) is 11.3. The van der Waals surface area contributed by atoms with E-state index in [4.69, 9.17) is 0 Å². The standard InChI is InChI=1S/C10H16N2O3S/c13-10(11-8-1-2-8)7-5-12(6-7)16(14,15)9-3-4-9/h7-9H,1-6H2,(H,11,13). The molecule has 2 saturated carbocycles. The van der Waals surface area contributed by atoms with E-state index >= 15 is 0 Å². The number of rotatable bonds is 4. The van der Waals surface area contributed by atoms with Crippen molar-refractivity contribution in [3.63, 3.8) is 0 Å². The fourth-order valence-corrected chi connectivity index (χ4v) is 3.86. The lowest BCUT2D eigenvalue weighted by Crippen LogP contribution is -2.56. The second-order valence-corrected chi connectivity index (χ2v) is 7.25. The molecule has 1 saturated heterocycles. The Morgan fingerprint density at radius 3 is 2.25 bits per heavy atom. The second-order valence-electron chi connectivity index (χ2n) is 5.04. The number of hydrogen-bond acceptors (Lipinski definition) is 3. The van der Waals surface area contributed by atoms with Crippen molar-refractivity contribution >= 4 is 15.9 Å². The highest BCUT2D eigenvalue weighted by Gasteiger charge is 2.47. The molecule has 1 heterocycles. The average Bonchev–Trinajstić information content (AvgIpc) is 2.96. The van der Waals surface area contributed by atoms with Gasteiger partial charge < -0.3 is 5.32 Å². The summed E-state index contributed by atoms with van der Waals surface area (Å²) in [7, 11) is -3.05. The van der Waals surface area contributed by atoms with Gasteiger partial charge in [0.1, 0.15) is 0 Å². The van der Waals surface area contributed by atoms with Crippen LogP contribution in [-0.2, 0) is 14.8 Å². The first-order valence-corrected chi connectivity index (χ1v) is 7.37. The van der Waals surface area contributed by atoms with Gasteiger partial charge in [0.2, 0.25) is 15.9 Å². The van der Waals surface area contributed by atoms with Gasteiger partial charge in [-0.3, -0.25) is 4.79 Å². The van der Waals surface area contributed by atoms with Gasteiger partial charge in [-0.05, 0) is 25.7 Å².